The molecule has 0 bridgehead atoms. The standard InChI is InChI=1S/C18H33N7O/c1-19-18(20-10-11-24(2)15-6-4-5-7-15)21-14-8-9-17-22-16(13-26-3)23-25(17)12-14/h14-15H,4-13H2,1-3H3,(H2,19,20,21). The lowest BCUT2D eigenvalue weighted by Crippen LogP contribution is -2.48. The summed E-state index contributed by atoms with van der Waals surface area (Å²) in [5.41, 5.74) is 0. The minimum absolute atomic E-state index is 0.318. The molecule has 1 unspecified atom stereocenters. The lowest BCUT2D eigenvalue weighted by molar-refractivity contribution is 0.177. The zero-order chi connectivity index (χ0) is 18.4. The predicted molar refractivity (Wildman–Crippen MR) is 102 cm³/mol. The molecule has 8 nitrogen and oxygen atoms in total. The van der Waals surface area contributed by atoms with Crippen LogP contribution in [0.5, 0.6) is 0 Å². The Hall–Kier alpha value is -1.67. The first kappa shape index (κ1) is 19.1. The first-order chi connectivity index (χ1) is 12.7. The smallest absolute Gasteiger partial charge is 0.191 e. The number of aryl methyl sites for hydroxylation is 1. The molecule has 1 aliphatic heterocycles. The van der Waals surface area contributed by atoms with Gasteiger partial charge in [0.2, 0.25) is 0 Å². The van der Waals surface area contributed by atoms with Crippen molar-refractivity contribution in [3.05, 3.63) is 11.6 Å². The molecule has 2 heterocycles. The van der Waals surface area contributed by atoms with Gasteiger partial charge in [-0.1, -0.05) is 12.8 Å². The lowest BCUT2D eigenvalue weighted by Gasteiger charge is -2.27. The maximum atomic E-state index is 5.13. The Balaban J connectivity index is 1.43. The van der Waals surface area contributed by atoms with E-state index in [4.69, 9.17) is 4.74 Å². The SMILES string of the molecule is CN=C(NCCN(C)C1CCCC1)NC1CCc2nc(COC)nn2C1. The van der Waals surface area contributed by atoms with Crippen LogP contribution in [0.2, 0.25) is 0 Å². The van der Waals surface area contributed by atoms with Gasteiger partial charge in [-0.3, -0.25) is 4.99 Å². The van der Waals surface area contributed by atoms with E-state index in [0.717, 1.165) is 56.1 Å². The first-order valence-electron chi connectivity index (χ1n) is 9.78. The van der Waals surface area contributed by atoms with Crippen LogP contribution in [0.15, 0.2) is 4.99 Å². The fourth-order valence-corrected chi connectivity index (χ4v) is 3.93. The zero-order valence-corrected chi connectivity index (χ0v) is 16.4. The molecule has 0 saturated heterocycles. The van der Waals surface area contributed by atoms with Gasteiger partial charge >= 0.3 is 0 Å². The normalized spacial score (nSPS) is 21.2. The summed E-state index contributed by atoms with van der Waals surface area (Å²) in [6, 6.07) is 1.08. The Kier molecular flexibility index (Phi) is 6.85. The van der Waals surface area contributed by atoms with E-state index in [2.05, 4.69) is 37.7 Å². The number of hydrogen-bond acceptors (Lipinski definition) is 5. The van der Waals surface area contributed by atoms with Crippen molar-refractivity contribution in [2.24, 2.45) is 4.99 Å². The van der Waals surface area contributed by atoms with Crippen molar-refractivity contribution in [1.82, 2.24) is 30.3 Å². The van der Waals surface area contributed by atoms with Gasteiger partial charge in [0.1, 0.15) is 12.4 Å². The zero-order valence-electron chi connectivity index (χ0n) is 16.4. The molecule has 2 N–H and O–H groups in total. The van der Waals surface area contributed by atoms with E-state index in [1.54, 1.807) is 7.11 Å². The molecule has 1 aromatic rings. The molecule has 8 heteroatoms. The summed E-state index contributed by atoms with van der Waals surface area (Å²) < 4.78 is 7.12. The number of guanidine groups is 1. The molecule has 1 aromatic heterocycles. The van der Waals surface area contributed by atoms with Crippen LogP contribution >= 0.6 is 0 Å². The number of aromatic nitrogens is 3. The van der Waals surface area contributed by atoms with Gasteiger partial charge in [-0.25, -0.2) is 9.67 Å². The third kappa shape index (κ3) is 4.94. The van der Waals surface area contributed by atoms with Crippen LogP contribution in [-0.2, 0) is 24.3 Å². The molecule has 26 heavy (non-hydrogen) atoms. The van der Waals surface area contributed by atoms with Crippen molar-refractivity contribution >= 4 is 5.96 Å². The van der Waals surface area contributed by atoms with E-state index in [-0.39, 0.29) is 0 Å². The molecule has 1 aliphatic carbocycles. The maximum Gasteiger partial charge on any atom is 0.191 e. The van der Waals surface area contributed by atoms with Crippen molar-refractivity contribution in [2.75, 3.05) is 34.3 Å². The van der Waals surface area contributed by atoms with E-state index >= 15 is 0 Å². The fraction of sp³-hybridized carbons (Fsp3) is 0.833. The summed E-state index contributed by atoms with van der Waals surface area (Å²) in [7, 11) is 5.74. The summed E-state index contributed by atoms with van der Waals surface area (Å²) in [4.78, 5) is 11.4. The van der Waals surface area contributed by atoms with Gasteiger partial charge in [-0.05, 0) is 26.3 Å². The van der Waals surface area contributed by atoms with Gasteiger partial charge in [0.15, 0.2) is 11.8 Å². The Morgan fingerprint density at radius 1 is 1.35 bits per heavy atom. The number of nitrogens with one attached hydrogen (secondary N) is 2. The van der Waals surface area contributed by atoms with Crippen LogP contribution in [0, 0.1) is 0 Å². The average molecular weight is 364 g/mol. The third-order valence-corrected chi connectivity index (χ3v) is 5.44. The van der Waals surface area contributed by atoms with Crippen molar-refractivity contribution in [3.63, 3.8) is 0 Å². The summed E-state index contributed by atoms with van der Waals surface area (Å²) >= 11 is 0. The van der Waals surface area contributed by atoms with E-state index in [1.807, 2.05) is 11.7 Å². The third-order valence-electron chi connectivity index (χ3n) is 5.44. The van der Waals surface area contributed by atoms with Gasteiger partial charge in [-0.15, -0.1) is 0 Å². The molecule has 0 spiro atoms. The van der Waals surface area contributed by atoms with Crippen LogP contribution in [0.1, 0.15) is 43.8 Å². The Bertz CT molecular complexity index is 594. The minimum Gasteiger partial charge on any atom is -0.377 e. The highest BCUT2D eigenvalue weighted by molar-refractivity contribution is 5.79. The molecule has 3 rings (SSSR count). The molecule has 1 saturated carbocycles. The van der Waals surface area contributed by atoms with E-state index in [9.17, 15) is 0 Å². The number of rotatable bonds is 7. The van der Waals surface area contributed by atoms with Gasteiger partial charge in [0.25, 0.3) is 0 Å². The van der Waals surface area contributed by atoms with Gasteiger partial charge in [0, 0.05) is 45.8 Å². The second-order valence-electron chi connectivity index (χ2n) is 7.36. The molecule has 0 aromatic carbocycles. The minimum atomic E-state index is 0.318. The highest BCUT2D eigenvalue weighted by atomic mass is 16.5. The summed E-state index contributed by atoms with van der Waals surface area (Å²) in [5, 5.41) is 11.5. The highest BCUT2D eigenvalue weighted by Crippen LogP contribution is 2.21. The predicted octanol–water partition coefficient (Wildman–Crippen LogP) is 0.779. The fourth-order valence-electron chi connectivity index (χ4n) is 3.93. The van der Waals surface area contributed by atoms with Gasteiger partial charge < -0.3 is 20.3 Å². The average Bonchev–Trinajstić information content (AvgIpc) is 3.30. The number of likely N-dealkylation sites (N-methyl/N-ethyl adjacent to an activating group) is 1. The molecule has 2 aliphatic rings. The summed E-state index contributed by atoms with van der Waals surface area (Å²) in [6.45, 7) is 3.24. The largest absolute Gasteiger partial charge is 0.377 e. The van der Waals surface area contributed by atoms with Crippen molar-refractivity contribution in [1.29, 1.82) is 0 Å². The number of methoxy groups -OCH3 is 1. The number of aliphatic imine (C=N–C) groups is 1. The van der Waals surface area contributed by atoms with Gasteiger partial charge in [-0.2, -0.15) is 5.10 Å². The van der Waals surface area contributed by atoms with E-state index in [1.165, 1.54) is 25.7 Å². The monoisotopic (exact) mass is 363 g/mol. The van der Waals surface area contributed by atoms with Crippen molar-refractivity contribution in [2.45, 2.75) is 63.8 Å². The molecular formula is C18H33N7O. The summed E-state index contributed by atoms with van der Waals surface area (Å²) in [5.74, 6) is 2.69. The molecule has 0 amide bonds. The lowest BCUT2D eigenvalue weighted by atomic mass is 10.1. The highest BCUT2D eigenvalue weighted by Gasteiger charge is 2.23. The topological polar surface area (TPSA) is 79.6 Å². The quantitative estimate of drug-likeness (QED) is 0.550. The van der Waals surface area contributed by atoms with E-state index < -0.39 is 0 Å². The number of ether oxygens (including phenoxy) is 1. The molecule has 0 radical (unpaired) electrons. The Labute approximate surface area is 156 Å². The van der Waals surface area contributed by atoms with Crippen molar-refractivity contribution in [3.8, 4) is 0 Å². The Morgan fingerprint density at radius 3 is 2.88 bits per heavy atom. The van der Waals surface area contributed by atoms with Crippen LogP contribution in [-0.4, -0.2) is 72.0 Å². The molecule has 1 atom stereocenters. The maximum absolute atomic E-state index is 5.13. The number of hydrogen-bond donors (Lipinski definition) is 2. The number of fused-ring (bicyclic) bond motifs is 1. The molecular weight excluding hydrogens is 330 g/mol. The van der Waals surface area contributed by atoms with Crippen LogP contribution in [0.25, 0.3) is 0 Å². The number of nitrogens with zero attached hydrogens (tertiary/aromatic N) is 5. The second kappa shape index (κ2) is 9.32. The van der Waals surface area contributed by atoms with Crippen LogP contribution < -0.4 is 10.6 Å². The molecule has 146 valence electrons. The second-order valence-corrected chi connectivity index (χ2v) is 7.36. The van der Waals surface area contributed by atoms with E-state index in [0.29, 0.717) is 12.6 Å². The van der Waals surface area contributed by atoms with Crippen LogP contribution in [0.4, 0.5) is 0 Å². The van der Waals surface area contributed by atoms with Crippen molar-refractivity contribution < 1.29 is 4.74 Å². The first-order valence-corrected chi connectivity index (χ1v) is 9.78. The molecule has 1 fully saturated rings. The van der Waals surface area contributed by atoms with Crippen LogP contribution in [0.3, 0.4) is 0 Å². The summed E-state index contributed by atoms with van der Waals surface area (Å²) in [6.07, 6.45) is 7.41. The van der Waals surface area contributed by atoms with Gasteiger partial charge in [0.05, 0.1) is 6.54 Å². The Morgan fingerprint density at radius 2 is 2.15 bits per heavy atom.